The molecule has 0 unspecified atom stereocenters. The van der Waals surface area contributed by atoms with Gasteiger partial charge >= 0.3 is 31.1 Å². The van der Waals surface area contributed by atoms with E-state index >= 15 is 0 Å². The van der Waals surface area contributed by atoms with E-state index in [9.17, 15) is 0 Å². The molecule has 0 aromatic carbocycles. The van der Waals surface area contributed by atoms with Crippen molar-refractivity contribution in [1.29, 1.82) is 0 Å². The largest absolute Gasteiger partial charge is 2.00 e. The zero-order valence-electron chi connectivity index (χ0n) is 6.07. The van der Waals surface area contributed by atoms with Crippen LogP contribution in [0.2, 0.25) is 0 Å². The molecule has 0 bridgehead atoms. The summed E-state index contributed by atoms with van der Waals surface area (Å²) in [5.41, 5.74) is 0. The minimum Gasteiger partial charge on any atom is -0.560 e. The molecule has 0 atom stereocenters. The standard InChI is InChI=1S/C7H10N2.U/c1-2-8-7-5-3-4-6-9-7;/h9H,3-4,6H2,1H3;/q-2;+2. The summed E-state index contributed by atoms with van der Waals surface area (Å²) in [4.78, 5) is 3.93. The molecule has 10 heavy (non-hydrogen) atoms. The summed E-state index contributed by atoms with van der Waals surface area (Å²) >= 11 is 0. The second-order valence-electron chi connectivity index (χ2n) is 1.89. The summed E-state index contributed by atoms with van der Waals surface area (Å²) in [7, 11) is 0. The fourth-order valence-corrected chi connectivity index (χ4v) is 0.755. The van der Waals surface area contributed by atoms with Crippen molar-refractivity contribution in [3.05, 3.63) is 11.9 Å². The van der Waals surface area contributed by atoms with Crippen LogP contribution in [-0.4, -0.2) is 12.8 Å². The molecule has 1 heterocycles. The zero-order valence-corrected chi connectivity index (χ0v) is 10.2. The Bertz CT molecular complexity index is 141. The summed E-state index contributed by atoms with van der Waals surface area (Å²) in [6.07, 6.45) is 7.99. The Labute approximate surface area is 85.6 Å². The van der Waals surface area contributed by atoms with Crippen LogP contribution in [0.3, 0.4) is 0 Å². The molecule has 52 valence electrons. The minimum absolute atomic E-state index is 0. The molecule has 1 aliphatic heterocycles. The monoisotopic (exact) mass is 360 g/mol. The van der Waals surface area contributed by atoms with Crippen LogP contribution in [0.1, 0.15) is 19.8 Å². The van der Waals surface area contributed by atoms with Crippen LogP contribution >= 0.6 is 0 Å². The SMILES string of the molecule is C[C-]=NC1=[C-]CCCN1.[U+2]. The smallest absolute Gasteiger partial charge is 0.560 e. The normalized spacial score (nSPS) is 17.5. The van der Waals surface area contributed by atoms with Gasteiger partial charge in [0.05, 0.1) is 0 Å². The zero-order chi connectivity index (χ0) is 6.53. The number of hydrogen-bond acceptors (Lipinski definition) is 2. The molecule has 0 aromatic rings. The van der Waals surface area contributed by atoms with E-state index in [1.165, 1.54) is 6.42 Å². The van der Waals surface area contributed by atoms with Crippen molar-refractivity contribution in [2.45, 2.75) is 19.8 Å². The first-order chi connectivity index (χ1) is 4.43. The molecule has 0 fully saturated rings. The van der Waals surface area contributed by atoms with Gasteiger partial charge in [0, 0.05) is 0 Å². The second kappa shape index (κ2) is 6.00. The van der Waals surface area contributed by atoms with Crippen molar-refractivity contribution in [3.8, 4) is 0 Å². The predicted molar refractivity (Wildman–Crippen MR) is 37.1 cm³/mol. The topological polar surface area (TPSA) is 24.4 Å². The molecule has 2 nitrogen and oxygen atoms in total. The summed E-state index contributed by atoms with van der Waals surface area (Å²) in [5.74, 6) is 0.851. The van der Waals surface area contributed by atoms with Gasteiger partial charge in [-0.3, -0.25) is 0 Å². The molecule has 0 amide bonds. The second-order valence-corrected chi connectivity index (χ2v) is 1.89. The molecule has 1 N–H and O–H groups in total. The van der Waals surface area contributed by atoms with Crippen LogP contribution in [0.5, 0.6) is 0 Å². The summed E-state index contributed by atoms with van der Waals surface area (Å²) in [6, 6.07) is 0. The number of aliphatic imine (C=N–C) groups is 1. The Morgan fingerprint density at radius 1 is 1.70 bits per heavy atom. The van der Waals surface area contributed by atoms with E-state index in [1.54, 1.807) is 6.92 Å². The summed E-state index contributed by atoms with van der Waals surface area (Å²) < 4.78 is 0. The molecule has 0 saturated carbocycles. The van der Waals surface area contributed by atoms with Crippen LogP contribution in [0.15, 0.2) is 10.8 Å². The fourth-order valence-electron chi connectivity index (χ4n) is 0.755. The van der Waals surface area contributed by atoms with Crippen molar-refractivity contribution in [1.82, 2.24) is 5.32 Å². The van der Waals surface area contributed by atoms with Gasteiger partial charge in [-0.2, -0.15) is 12.6 Å². The van der Waals surface area contributed by atoms with Gasteiger partial charge in [-0.25, -0.2) is 5.82 Å². The van der Waals surface area contributed by atoms with E-state index in [2.05, 4.69) is 22.6 Å². The Kier molecular flexibility index (Phi) is 6.16. The van der Waals surface area contributed by atoms with Crippen LogP contribution < -0.4 is 5.32 Å². The quantitative estimate of drug-likeness (QED) is 0.547. The van der Waals surface area contributed by atoms with Gasteiger partial charge in [-0.05, 0) is 6.54 Å². The average Bonchev–Trinajstić information content (AvgIpc) is 1.91. The first-order valence-corrected chi connectivity index (χ1v) is 3.15. The molecule has 0 aromatic heterocycles. The number of nitrogens with zero attached hydrogens (tertiary/aromatic N) is 1. The maximum Gasteiger partial charge on any atom is 2.00 e. The molecular weight excluding hydrogens is 350 g/mol. The molecule has 0 saturated heterocycles. The van der Waals surface area contributed by atoms with Crippen LogP contribution in [0, 0.1) is 37.2 Å². The molecule has 1 aliphatic rings. The van der Waals surface area contributed by atoms with E-state index in [1.807, 2.05) is 0 Å². The first-order valence-electron chi connectivity index (χ1n) is 3.15. The number of rotatable bonds is 1. The molecular formula is C7H10N2U. The number of hydrogen-bond donors (Lipinski definition) is 1. The van der Waals surface area contributed by atoms with Gasteiger partial charge in [0.2, 0.25) is 0 Å². The van der Waals surface area contributed by atoms with E-state index < -0.39 is 0 Å². The Hall–Kier alpha value is 0.262. The molecule has 3 heteroatoms. The maximum absolute atomic E-state index is 3.93. The summed E-state index contributed by atoms with van der Waals surface area (Å²) in [6.45, 7) is 2.80. The van der Waals surface area contributed by atoms with Crippen molar-refractivity contribution in [2.24, 2.45) is 4.99 Å². The molecule has 0 radical (unpaired) electrons. The van der Waals surface area contributed by atoms with Crippen molar-refractivity contribution in [2.75, 3.05) is 6.54 Å². The third kappa shape index (κ3) is 3.44. The van der Waals surface area contributed by atoms with Gasteiger partial charge in [-0.1, -0.05) is 6.42 Å². The fraction of sp³-hybridized carbons (Fsp3) is 0.571. The minimum atomic E-state index is 0. The van der Waals surface area contributed by atoms with Crippen molar-refractivity contribution in [3.63, 3.8) is 0 Å². The van der Waals surface area contributed by atoms with Gasteiger partial charge in [-0.15, -0.1) is 6.92 Å². The maximum atomic E-state index is 3.93. The van der Waals surface area contributed by atoms with Crippen LogP contribution in [-0.2, 0) is 0 Å². The Morgan fingerprint density at radius 3 is 3.00 bits per heavy atom. The van der Waals surface area contributed by atoms with E-state index in [0.717, 1.165) is 18.8 Å². The molecule has 0 spiro atoms. The van der Waals surface area contributed by atoms with Gasteiger partial charge in [0.25, 0.3) is 0 Å². The van der Waals surface area contributed by atoms with Crippen LogP contribution in [0.4, 0.5) is 0 Å². The number of allylic oxidation sites excluding steroid dienone is 1. The third-order valence-corrected chi connectivity index (χ3v) is 1.16. The van der Waals surface area contributed by atoms with Gasteiger partial charge < -0.3 is 16.4 Å². The van der Waals surface area contributed by atoms with Crippen molar-refractivity contribution < 1.29 is 31.1 Å². The Balaban J connectivity index is 0.000000810. The molecule has 0 aliphatic carbocycles. The van der Waals surface area contributed by atoms with E-state index in [4.69, 9.17) is 0 Å². The van der Waals surface area contributed by atoms with E-state index in [-0.39, 0.29) is 31.1 Å². The molecule has 1 rings (SSSR count). The van der Waals surface area contributed by atoms with Crippen LogP contribution in [0.25, 0.3) is 0 Å². The van der Waals surface area contributed by atoms with Gasteiger partial charge in [0.15, 0.2) is 0 Å². The average molecular weight is 360 g/mol. The summed E-state index contributed by atoms with van der Waals surface area (Å²) in [5, 5.41) is 3.10. The third-order valence-electron chi connectivity index (χ3n) is 1.16. The first kappa shape index (κ1) is 10.3. The van der Waals surface area contributed by atoms with Gasteiger partial charge in [0.1, 0.15) is 0 Å². The predicted octanol–water partition coefficient (Wildman–Crippen LogP) is 0.982. The van der Waals surface area contributed by atoms with E-state index in [0.29, 0.717) is 0 Å². The van der Waals surface area contributed by atoms with Crippen molar-refractivity contribution >= 4 is 6.21 Å². The number of nitrogens with one attached hydrogen (secondary N) is 1. The Morgan fingerprint density at radius 2 is 2.50 bits per heavy atom.